The van der Waals surface area contributed by atoms with Crippen LogP contribution in [-0.4, -0.2) is 23.0 Å². The zero-order chi connectivity index (χ0) is 40.0. The van der Waals surface area contributed by atoms with Crippen molar-refractivity contribution in [3.05, 3.63) is 229 Å². The van der Waals surface area contributed by atoms with Gasteiger partial charge in [-0.05, 0) is 55.6 Å². The van der Waals surface area contributed by atoms with Crippen molar-refractivity contribution in [1.29, 1.82) is 0 Å². The normalized spacial score (nSPS) is 12.8. The molecule has 4 heteroatoms. The number of hydrogen-bond donors (Lipinski definition) is 0. The van der Waals surface area contributed by atoms with Crippen LogP contribution < -0.4 is 5.19 Å². The fraction of sp³-hybridized carbons (Fsp3) is 0.0727. The molecular formula is C55H43N3Si. The summed E-state index contributed by atoms with van der Waals surface area (Å²) in [4.78, 5) is 14.8. The molecule has 8 aromatic carbocycles. The van der Waals surface area contributed by atoms with Gasteiger partial charge in [0.2, 0.25) is 0 Å². The first-order chi connectivity index (χ1) is 28.9. The highest BCUT2D eigenvalue weighted by Gasteiger charge is 2.48. The van der Waals surface area contributed by atoms with Crippen LogP contribution in [0.2, 0.25) is 19.6 Å². The molecule has 0 N–H and O–H groups in total. The Balaban J connectivity index is 1.06. The summed E-state index contributed by atoms with van der Waals surface area (Å²) in [5.74, 6) is 1.96. The lowest BCUT2D eigenvalue weighted by Crippen LogP contribution is -2.39. The Kier molecular flexibility index (Phi) is 9.07. The van der Waals surface area contributed by atoms with Crippen molar-refractivity contribution in [1.82, 2.24) is 15.0 Å². The molecule has 0 bridgehead atoms. The minimum absolute atomic E-state index is 0.482. The highest BCUT2D eigenvalue weighted by molar-refractivity contribution is 6.88. The van der Waals surface area contributed by atoms with Gasteiger partial charge in [-0.3, -0.25) is 0 Å². The van der Waals surface area contributed by atoms with Crippen molar-refractivity contribution in [2.24, 2.45) is 0 Å². The number of benzene rings is 8. The standard InChI is InChI=1S/C55H43N3Si/c1-59(2,3)46-35-36-48-49-26-16-25-47(51(49)55(50(48)37-46,44-21-12-6-13-22-44)45-23-14-7-15-24-45)40-31-27-38(28-32-40)39-29-33-43(34-30-39)54-57-52(41-17-8-4-9-18-41)56-53(58-54)42-19-10-5-11-20-42/h4-37H,1-3H3. The molecule has 0 radical (unpaired) electrons. The monoisotopic (exact) mass is 773 g/mol. The molecule has 282 valence electrons. The van der Waals surface area contributed by atoms with Crippen molar-refractivity contribution in [3.8, 4) is 67.5 Å². The first-order valence-electron chi connectivity index (χ1n) is 20.4. The summed E-state index contributed by atoms with van der Waals surface area (Å²) in [6, 6.07) is 74.4. The van der Waals surface area contributed by atoms with Crippen LogP contribution in [-0.2, 0) is 5.41 Å². The first-order valence-corrected chi connectivity index (χ1v) is 23.9. The second-order valence-electron chi connectivity index (χ2n) is 16.4. The zero-order valence-electron chi connectivity index (χ0n) is 33.5. The molecule has 0 aliphatic heterocycles. The molecule has 0 amide bonds. The molecule has 59 heavy (non-hydrogen) atoms. The van der Waals surface area contributed by atoms with Crippen LogP contribution >= 0.6 is 0 Å². The van der Waals surface area contributed by atoms with E-state index in [1.807, 2.05) is 60.7 Å². The topological polar surface area (TPSA) is 38.7 Å². The average molecular weight is 774 g/mol. The van der Waals surface area contributed by atoms with Crippen LogP contribution in [0.4, 0.5) is 0 Å². The van der Waals surface area contributed by atoms with Gasteiger partial charge in [0.25, 0.3) is 0 Å². The van der Waals surface area contributed by atoms with E-state index in [9.17, 15) is 0 Å². The molecule has 0 saturated heterocycles. The smallest absolute Gasteiger partial charge is 0.164 e. The fourth-order valence-corrected chi connectivity index (χ4v) is 10.0. The Hall–Kier alpha value is -7.01. The van der Waals surface area contributed by atoms with Gasteiger partial charge in [-0.1, -0.05) is 231 Å². The molecular weight excluding hydrogens is 731 g/mol. The molecule has 1 heterocycles. The Morgan fingerprint density at radius 2 is 0.746 bits per heavy atom. The van der Waals surface area contributed by atoms with Crippen LogP contribution in [0.15, 0.2) is 206 Å². The Labute approximate surface area is 347 Å². The van der Waals surface area contributed by atoms with E-state index in [4.69, 9.17) is 15.0 Å². The molecule has 9 aromatic rings. The maximum atomic E-state index is 4.94. The lowest BCUT2D eigenvalue weighted by molar-refractivity contribution is 0.771. The largest absolute Gasteiger partial charge is 0.208 e. The van der Waals surface area contributed by atoms with E-state index < -0.39 is 13.5 Å². The van der Waals surface area contributed by atoms with E-state index in [0.29, 0.717) is 17.5 Å². The van der Waals surface area contributed by atoms with Crippen molar-refractivity contribution in [2.45, 2.75) is 25.1 Å². The lowest BCUT2D eigenvalue weighted by Gasteiger charge is -2.36. The summed E-state index contributed by atoms with van der Waals surface area (Å²) in [7, 11) is -1.63. The lowest BCUT2D eigenvalue weighted by atomic mass is 9.66. The molecule has 0 atom stereocenters. The van der Waals surface area contributed by atoms with Gasteiger partial charge in [0.05, 0.1) is 13.5 Å². The van der Waals surface area contributed by atoms with Crippen LogP contribution in [0.1, 0.15) is 22.3 Å². The minimum atomic E-state index is -1.63. The second kappa shape index (κ2) is 14.7. The summed E-state index contributed by atoms with van der Waals surface area (Å²) < 4.78 is 0. The predicted molar refractivity (Wildman–Crippen MR) is 247 cm³/mol. The van der Waals surface area contributed by atoms with Crippen molar-refractivity contribution < 1.29 is 0 Å². The fourth-order valence-electron chi connectivity index (χ4n) is 8.85. The Bertz CT molecular complexity index is 2820. The van der Waals surface area contributed by atoms with E-state index in [1.165, 1.54) is 49.7 Å². The third-order valence-corrected chi connectivity index (χ3v) is 13.8. The van der Waals surface area contributed by atoms with E-state index in [1.54, 1.807) is 0 Å². The first kappa shape index (κ1) is 36.3. The summed E-state index contributed by atoms with van der Waals surface area (Å²) in [6.45, 7) is 7.33. The predicted octanol–water partition coefficient (Wildman–Crippen LogP) is 13.1. The molecule has 1 aromatic heterocycles. The highest BCUT2D eigenvalue weighted by atomic mass is 28.3. The van der Waals surface area contributed by atoms with Gasteiger partial charge < -0.3 is 0 Å². The summed E-state index contributed by atoms with van der Waals surface area (Å²) in [6.07, 6.45) is 0. The molecule has 0 unspecified atom stereocenters. The summed E-state index contributed by atoms with van der Waals surface area (Å²) >= 11 is 0. The molecule has 0 saturated carbocycles. The van der Waals surface area contributed by atoms with Crippen LogP contribution in [0, 0.1) is 0 Å². The molecule has 0 spiro atoms. The summed E-state index contributed by atoms with van der Waals surface area (Å²) in [5, 5.41) is 1.47. The van der Waals surface area contributed by atoms with Crippen LogP contribution in [0.5, 0.6) is 0 Å². The van der Waals surface area contributed by atoms with E-state index in [2.05, 4.69) is 165 Å². The van der Waals surface area contributed by atoms with Gasteiger partial charge in [-0.15, -0.1) is 0 Å². The molecule has 0 fully saturated rings. The van der Waals surface area contributed by atoms with Crippen molar-refractivity contribution in [3.63, 3.8) is 0 Å². The van der Waals surface area contributed by atoms with Gasteiger partial charge >= 0.3 is 0 Å². The van der Waals surface area contributed by atoms with Gasteiger partial charge in [-0.2, -0.15) is 0 Å². The number of rotatable bonds is 8. The quantitative estimate of drug-likeness (QED) is 0.144. The number of nitrogens with zero attached hydrogens (tertiary/aromatic N) is 3. The third kappa shape index (κ3) is 6.43. The van der Waals surface area contributed by atoms with Crippen molar-refractivity contribution >= 4 is 13.3 Å². The second-order valence-corrected chi connectivity index (χ2v) is 21.5. The van der Waals surface area contributed by atoms with Crippen molar-refractivity contribution in [2.75, 3.05) is 0 Å². The van der Waals surface area contributed by atoms with Gasteiger partial charge in [0, 0.05) is 16.7 Å². The Morgan fingerprint density at radius 3 is 1.22 bits per heavy atom. The number of fused-ring (bicyclic) bond motifs is 3. The Morgan fingerprint density at radius 1 is 0.339 bits per heavy atom. The average Bonchev–Trinajstić information content (AvgIpc) is 3.61. The van der Waals surface area contributed by atoms with Gasteiger partial charge in [-0.25, -0.2) is 15.0 Å². The van der Waals surface area contributed by atoms with E-state index in [0.717, 1.165) is 27.8 Å². The maximum Gasteiger partial charge on any atom is 0.164 e. The maximum absolute atomic E-state index is 4.94. The third-order valence-electron chi connectivity index (χ3n) is 11.8. The number of hydrogen-bond acceptors (Lipinski definition) is 3. The van der Waals surface area contributed by atoms with E-state index in [-0.39, 0.29) is 0 Å². The highest BCUT2D eigenvalue weighted by Crippen LogP contribution is 2.58. The van der Waals surface area contributed by atoms with E-state index >= 15 is 0 Å². The number of aromatic nitrogens is 3. The molecule has 1 aliphatic rings. The SMILES string of the molecule is C[Si](C)(C)c1ccc2c(c1)C(c1ccccc1)(c1ccccc1)c1c(-c3ccc(-c4ccc(-c5nc(-c6ccccc6)nc(-c6ccccc6)n5)cc4)cc3)cccc1-2. The van der Waals surface area contributed by atoms with Crippen LogP contribution in [0.3, 0.4) is 0 Å². The minimum Gasteiger partial charge on any atom is -0.208 e. The molecule has 1 aliphatic carbocycles. The van der Waals surface area contributed by atoms with Gasteiger partial charge in [0.1, 0.15) is 0 Å². The summed E-state index contributed by atoms with van der Waals surface area (Å²) in [5.41, 5.74) is 15.0. The van der Waals surface area contributed by atoms with Crippen LogP contribution in [0.25, 0.3) is 67.5 Å². The molecule has 3 nitrogen and oxygen atoms in total. The van der Waals surface area contributed by atoms with Gasteiger partial charge in [0.15, 0.2) is 17.5 Å². The zero-order valence-corrected chi connectivity index (χ0v) is 34.5. The molecule has 10 rings (SSSR count).